The van der Waals surface area contributed by atoms with Crippen molar-refractivity contribution in [1.82, 2.24) is 15.1 Å². The maximum Gasteiger partial charge on any atom is 0.0197 e. The molecular formula is C15H31N3. The maximum absolute atomic E-state index is 3.70. The summed E-state index contributed by atoms with van der Waals surface area (Å²) in [4.78, 5) is 5.34. The molecule has 0 saturated carbocycles. The summed E-state index contributed by atoms with van der Waals surface area (Å²) in [5.74, 6) is 0. The van der Waals surface area contributed by atoms with Crippen molar-refractivity contribution in [3.05, 3.63) is 0 Å². The van der Waals surface area contributed by atoms with Crippen LogP contribution in [0.1, 0.15) is 46.5 Å². The van der Waals surface area contributed by atoms with E-state index in [1.165, 1.54) is 58.4 Å². The van der Waals surface area contributed by atoms with E-state index >= 15 is 0 Å². The van der Waals surface area contributed by atoms with Crippen LogP contribution in [0.25, 0.3) is 0 Å². The third-order valence-corrected chi connectivity index (χ3v) is 4.37. The predicted molar refractivity (Wildman–Crippen MR) is 78.0 cm³/mol. The van der Waals surface area contributed by atoms with Crippen LogP contribution in [0.4, 0.5) is 0 Å². The molecule has 0 radical (unpaired) electrons. The van der Waals surface area contributed by atoms with Crippen molar-refractivity contribution >= 4 is 0 Å². The van der Waals surface area contributed by atoms with Crippen LogP contribution in [-0.2, 0) is 0 Å². The molecule has 0 spiro atoms. The molecule has 3 nitrogen and oxygen atoms in total. The Balaban J connectivity index is 1.76. The van der Waals surface area contributed by atoms with Crippen molar-refractivity contribution in [3.8, 4) is 0 Å². The topological polar surface area (TPSA) is 18.5 Å². The van der Waals surface area contributed by atoms with Crippen LogP contribution < -0.4 is 5.32 Å². The van der Waals surface area contributed by atoms with Crippen molar-refractivity contribution in [3.63, 3.8) is 0 Å². The van der Waals surface area contributed by atoms with E-state index in [4.69, 9.17) is 0 Å². The molecule has 2 unspecified atom stereocenters. The van der Waals surface area contributed by atoms with E-state index in [1.54, 1.807) is 0 Å². The molecule has 2 rings (SSSR count). The number of rotatable bonds is 5. The van der Waals surface area contributed by atoms with Gasteiger partial charge in [0, 0.05) is 31.2 Å². The lowest BCUT2D eigenvalue weighted by Gasteiger charge is -2.39. The second-order valence-corrected chi connectivity index (χ2v) is 6.51. The van der Waals surface area contributed by atoms with Gasteiger partial charge in [-0.2, -0.15) is 0 Å². The Bertz CT molecular complexity index is 236. The van der Waals surface area contributed by atoms with Crippen molar-refractivity contribution in [2.75, 3.05) is 32.7 Å². The fourth-order valence-electron chi connectivity index (χ4n) is 3.47. The minimum absolute atomic E-state index is 0.615. The Morgan fingerprint density at radius 1 is 1.06 bits per heavy atom. The third-order valence-electron chi connectivity index (χ3n) is 4.37. The van der Waals surface area contributed by atoms with E-state index in [1.807, 2.05) is 0 Å². The van der Waals surface area contributed by atoms with Gasteiger partial charge in [0.2, 0.25) is 0 Å². The number of nitrogens with zero attached hydrogens (tertiary/aromatic N) is 2. The normalized spacial score (nSPS) is 29.0. The van der Waals surface area contributed by atoms with Crippen LogP contribution in [0.2, 0.25) is 0 Å². The Labute approximate surface area is 113 Å². The molecule has 2 heterocycles. The maximum atomic E-state index is 3.70. The molecule has 2 aliphatic rings. The lowest BCUT2D eigenvalue weighted by atomic mass is 10.0. The Kier molecular flexibility index (Phi) is 5.46. The molecule has 0 amide bonds. The highest BCUT2D eigenvalue weighted by atomic mass is 15.2. The molecule has 0 aromatic carbocycles. The fraction of sp³-hybridized carbons (Fsp3) is 1.00. The van der Waals surface area contributed by atoms with Gasteiger partial charge in [-0.25, -0.2) is 0 Å². The Morgan fingerprint density at radius 3 is 2.44 bits per heavy atom. The summed E-state index contributed by atoms with van der Waals surface area (Å²) >= 11 is 0. The number of hydrogen-bond donors (Lipinski definition) is 1. The predicted octanol–water partition coefficient (Wildman–Crippen LogP) is 1.93. The van der Waals surface area contributed by atoms with E-state index < -0.39 is 0 Å². The molecule has 0 bridgehead atoms. The van der Waals surface area contributed by atoms with Crippen LogP contribution in [0.5, 0.6) is 0 Å². The third kappa shape index (κ3) is 4.22. The fourth-order valence-corrected chi connectivity index (χ4v) is 3.47. The number of piperidine rings is 1. The summed E-state index contributed by atoms with van der Waals surface area (Å²) < 4.78 is 0. The summed E-state index contributed by atoms with van der Waals surface area (Å²) in [6, 6.07) is 2.04. The first-order valence-electron chi connectivity index (χ1n) is 7.87. The molecule has 2 fully saturated rings. The minimum Gasteiger partial charge on any atom is -0.311 e. The molecule has 106 valence electrons. The van der Waals surface area contributed by atoms with Gasteiger partial charge in [0.15, 0.2) is 0 Å². The summed E-state index contributed by atoms with van der Waals surface area (Å²) in [5.41, 5.74) is 0. The van der Waals surface area contributed by atoms with Gasteiger partial charge in [0.05, 0.1) is 0 Å². The Hall–Kier alpha value is -0.120. The molecular weight excluding hydrogens is 222 g/mol. The molecule has 3 heteroatoms. The zero-order valence-electron chi connectivity index (χ0n) is 12.5. The van der Waals surface area contributed by atoms with Gasteiger partial charge < -0.3 is 10.2 Å². The molecule has 18 heavy (non-hydrogen) atoms. The summed E-state index contributed by atoms with van der Waals surface area (Å²) in [6.45, 7) is 13.4. The second kappa shape index (κ2) is 6.88. The van der Waals surface area contributed by atoms with Gasteiger partial charge >= 0.3 is 0 Å². The van der Waals surface area contributed by atoms with Gasteiger partial charge in [-0.3, -0.25) is 4.90 Å². The number of likely N-dealkylation sites (tertiary alicyclic amines) is 2. The monoisotopic (exact) mass is 253 g/mol. The average Bonchev–Trinajstić information content (AvgIpc) is 2.81. The molecule has 0 aromatic heterocycles. The van der Waals surface area contributed by atoms with Gasteiger partial charge in [-0.15, -0.1) is 0 Å². The van der Waals surface area contributed by atoms with Crippen LogP contribution in [0, 0.1) is 0 Å². The smallest absolute Gasteiger partial charge is 0.0197 e. The van der Waals surface area contributed by atoms with E-state index in [0.29, 0.717) is 12.1 Å². The first kappa shape index (κ1) is 14.3. The van der Waals surface area contributed by atoms with Crippen molar-refractivity contribution in [1.29, 1.82) is 0 Å². The Morgan fingerprint density at radius 2 is 1.78 bits per heavy atom. The van der Waals surface area contributed by atoms with Crippen LogP contribution in [0.15, 0.2) is 0 Å². The minimum atomic E-state index is 0.615. The quantitative estimate of drug-likeness (QED) is 0.808. The number of nitrogens with one attached hydrogen (secondary N) is 1. The van der Waals surface area contributed by atoms with Gasteiger partial charge in [-0.1, -0.05) is 13.8 Å². The van der Waals surface area contributed by atoms with Crippen molar-refractivity contribution in [2.45, 2.75) is 64.6 Å². The van der Waals surface area contributed by atoms with E-state index in [9.17, 15) is 0 Å². The van der Waals surface area contributed by atoms with E-state index in [2.05, 4.69) is 35.9 Å². The highest BCUT2D eigenvalue weighted by molar-refractivity contribution is 4.84. The first-order chi connectivity index (χ1) is 8.65. The second-order valence-electron chi connectivity index (χ2n) is 6.51. The number of hydrogen-bond acceptors (Lipinski definition) is 3. The van der Waals surface area contributed by atoms with Gasteiger partial charge in [0.1, 0.15) is 0 Å². The van der Waals surface area contributed by atoms with Crippen molar-refractivity contribution < 1.29 is 0 Å². The molecule has 1 N–H and O–H groups in total. The lowest BCUT2D eigenvalue weighted by Crippen LogP contribution is -2.52. The standard InChI is InChI=1S/C15H31N3/c1-13(2)16-15-7-6-10-18(12-15)14(3)11-17-8-4-5-9-17/h13-16H,4-12H2,1-3H3. The molecule has 2 saturated heterocycles. The molecule has 2 aliphatic heterocycles. The lowest BCUT2D eigenvalue weighted by molar-refractivity contribution is 0.116. The van der Waals surface area contributed by atoms with Crippen LogP contribution >= 0.6 is 0 Å². The highest BCUT2D eigenvalue weighted by Crippen LogP contribution is 2.16. The molecule has 0 aromatic rings. The largest absolute Gasteiger partial charge is 0.311 e. The van der Waals surface area contributed by atoms with Crippen LogP contribution in [-0.4, -0.2) is 60.6 Å². The summed E-state index contributed by atoms with van der Waals surface area (Å²) in [7, 11) is 0. The summed E-state index contributed by atoms with van der Waals surface area (Å²) in [6.07, 6.45) is 5.52. The van der Waals surface area contributed by atoms with E-state index in [-0.39, 0.29) is 0 Å². The zero-order chi connectivity index (χ0) is 13.0. The molecule has 0 aliphatic carbocycles. The van der Waals surface area contributed by atoms with Gasteiger partial charge in [0.25, 0.3) is 0 Å². The first-order valence-corrected chi connectivity index (χ1v) is 7.87. The molecule has 2 atom stereocenters. The van der Waals surface area contributed by atoms with Gasteiger partial charge in [-0.05, 0) is 52.2 Å². The van der Waals surface area contributed by atoms with Crippen LogP contribution in [0.3, 0.4) is 0 Å². The summed E-state index contributed by atoms with van der Waals surface area (Å²) in [5, 5.41) is 3.70. The SMILES string of the molecule is CC(C)NC1CCCN(C(C)CN2CCCC2)C1. The van der Waals surface area contributed by atoms with E-state index in [0.717, 1.165) is 6.04 Å². The van der Waals surface area contributed by atoms with Crippen molar-refractivity contribution in [2.24, 2.45) is 0 Å². The zero-order valence-corrected chi connectivity index (χ0v) is 12.5. The average molecular weight is 253 g/mol. The highest BCUT2D eigenvalue weighted by Gasteiger charge is 2.25.